The van der Waals surface area contributed by atoms with Crippen LogP contribution in [0.1, 0.15) is 23.2 Å². The highest BCUT2D eigenvalue weighted by Crippen LogP contribution is 2.28. The molecule has 1 aromatic heterocycles. The topological polar surface area (TPSA) is 85.6 Å². The van der Waals surface area contributed by atoms with Crippen LogP contribution in [0.2, 0.25) is 0 Å². The van der Waals surface area contributed by atoms with E-state index < -0.39 is 4.92 Å². The molecule has 1 aromatic carbocycles. The number of benzene rings is 1. The zero-order valence-electron chi connectivity index (χ0n) is 12.3. The van der Waals surface area contributed by atoms with Crippen molar-refractivity contribution in [3.8, 4) is 11.6 Å². The molecule has 118 valence electrons. The van der Waals surface area contributed by atoms with Crippen LogP contribution in [0.25, 0.3) is 0 Å². The van der Waals surface area contributed by atoms with Crippen molar-refractivity contribution in [3.63, 3.8) is 0 Å². The average molecular weight is 313 g/mol. The lowest BCUT2D eigenvalue weighted by atomic mass is 10.2. The molecule has 0 bridgehead atoms. The van der Waals surface area contributed by atoms with Gasteiger partial charge in [-0.3, -0.25) is 14.9 Å². The third-order valence-electron chi connectivity index (χ3n) is 3.66. The Kier molecular flexibility index (Phi) is 4.18. The summed E-state index contributed by atoms with van der Waals surface area (Å²) in [7, 11) is 0. The van der Waals surface area contributed by atoms with E-state index in [4.69, 9.17) is 4.74 Å². The molecule has 0 N–H and O–H groups in total. The number of nitrogens with zero attached hydrogens (tertiary/aromatic N) is 3. The van der Waals surface area contributed by atoms with Gasteiger partial charge in [0.05, 0.1) is 4.92 Å². The number of ether oxygens (including phenoxy) is 1. The molecule has 1 aliphatic heterocycles. The molecule has 1 amide bonds. The number of nitro groups is 1. The molecule has 2 aromatic rings. The molecule has 0 aliphatic carbocycles. The number of rotatable bonds is 4. The summed E-state index contributed by atoms with van der Waals surface area (Å²) in [5.41, 5.74) is 0.375. The van der Waals surface area contributed by atoms with E-state index in [1.807, 2.05) is 4.90 Å². The molecule has 1 saturated heterocycles. The predicted molar refractivity (Wildman–Crippen MR) is 82.5 cm³/mol. The summed E-state index contributed by atoms with van der Waals surface area (Å²) < 4.78 is 5.45. The van der Waals surface area contributed by atoms with Crippen molar-refractivity contribution in [2.24, 2.45) is 0 Å². The van der Waals surface area contributed by atoms with E-state index in [1.54, 1.807) is 24.3 Å². The third kappa shape index (κ3) is 3.28. The van der Waals surface area contributed by atoms with Crippen LogP contribution in [0.4, 0.5) is 5.69 Å². The maximum Gasteiger partial charge on any atom is 0.331 e. The van der Waals surface area contributed by atoms with E-state index in [0.29, 0.717) is 11.3 Å². The molecular weight excluding hydrogens is 298 g/mol. The van der Waals surface area contributed by atoms with Gasteiger partial charge in [-0.25, -0.2) is 4.98 Å². The van der Waals surface area contributed by atoms with Gasteiger partial charge in [-0.1, -0.05) is 0 Å². The minimum Gasteiger partial charge on any atom is -0.434 e. The van der Waals surface area contributed by atoms with Crippen molar-refractivity contribution >= 4 is 11.6 Å². The van der Waals surface area contributed by atoms with Gasteiger partial charge < -0.3 is 9.64 Å². The minimum absolute atomic E-state index is 0.00198. The van der Waals surface area contributed by atoms with Crippen LogP contribution in [0, 0.1) is 10.1 Å². The highest BCUT2D eigenvalue weighted by molar-refractivity contribution is 5.94. The van der Waals surface area contributed by atoms with Crippen LogP contribution in [0.5, 0.6) is 11.6 Å². The summed E-state index contributed by atoms with van der Waals surface area (Å²) in [6.45, 7) is 1.58. The molecule has 0 saturated carbocycles. The number of aromatic nitrogens is 1. The smallest absolute Gasteiger partial charge is 0.331 e. The van der Waals surface area contributed by atoms with Gasteiger partial charge in [-0.2, -0.15) is 0 Å². The summed E-state index contributed by atoms with van der Waals surface area (Å²) >= 11 is 0. The second-order valence-corrected chi connectivity index (χ2v) is 5.21. The highest BCUT2D eigenvalue weighted by Gasteiger charge is 2.20. The van der Waals surface area contributed by atoms with Crippen molar-refractivity contribution < 1.29 is 14.5 Å². The second-order valence-electron chi connectivity index (χ2n) is 5.21. The molecule has 7 nitrogen and oxygen atoms in total. The number of amides is 1. The van der Waals surface area contributed by atoms with Crippen molar-refractivity contribution in [2.75, 3.05) is 13.1 Å². The van der Waals surface area contributed by atoms with Gasteiger partial charge in [0.15, 0.2) is 0 Å². The highest BCUT2D eigenvalue weighted by atomic mass is 16.6. The summed E-state index contributed by atoms with van der Waals surface area (Å²) in [5.74, 6) is 0.318. The molecule has 2 heterocycles. The van der Waals surface area contributed by atoms with E-state index >= 15 is 0 Å². The first-order valence-corrected chi connectivity index (χ1v) is 7.32. The number of carbonyl (C=O) groups is 1. The Balaban J connectivity index is 1.75. The first kappa shape index (κ1) is 15.0. The van der Waals surface area contributed by atoms with Gasteiger partial charge in [0, 0.05) is 30.9 Å². The predicted octanol–water partition coefficient (Wildman–Crippen LogP) is 3.02. The van der Waals surface area contributed by atoms with E-state index in [0.717, 1.165) is 25.9 Å². The van der Waals surface area contributed by atoms with Crippen LogP contribution in [0.15, 0.2) is 42.6 Å². The molecule has 7 heteroatoms. The number of pyridine rings is 1. The quantitative estimate of drug-likeness (QED) is 0.639. The summed E-state index contributed by atoms with van der Waals surface area (Å²) in [6.07, 6.45) is 3.50. The Hall–Kier alpha value is -2.96. The van der Waals surface area contributed by atoms with Crippen molar-refractivity contribution in [1.29, 1.82) is 0 Å². The number of hydrogen-bond acceptors (Lipinski definition) is 5. The van der Waals surface area contributed by atoms with Gasteiger partial charge in [-0.15, -0.1) is 0 Å². The van der Waals surface area contributed by atoms with Crippen LogP contribution >= 0.6 is 0 Å². The van der Waals surface area contributed by atoms with Crippen LogP contribution < -0.4 is 4.74 Å². The Morgan fingerprint density at radius 2 is 1.87 bits per heavy atom. The number of hydrogen-bond donors (Lipinski definition) is 0. The zero-order valence-corrected chi connectivity index (χ0v) is 12.3. The van der Waals surface area contributed by atoms with Gasteiger partial charge in [0.25, 0.3) is 11.8 Å². The van der Waals surface area contributed by atoms with Gasteiger partial charge >= 0.3 is 5.69 Å². The fourth-order valence-corrected chi connectivity index (χ4v) is 2.48. The molecule has 0 spiro atoms. The normalized spacial score (nSPS) is 13.8. The molecule has 0 unspecified atom stereocenters. The van der Waals surface area contributed by atoms with Crippen LogP contribution in [-0.4, -0.2) is 33.8 Å². The minimum atomic E-state index is -0.548. The van der Waals surface area contributed by atoms with E-state index in [9.17, 15) is 14.9 Å². The lowest BCUT2D eigenvalue weighted by molar-refractivity contribution is -0.386. The lowest BCUT2D eigenvalue weighted by Gasteiger charge is -2.15. The maximum absolute atomic E-state index is 12.2. The number of likely N-dealkylation sites (tertiary alicyclic amines) is 1. The van der Waals surface area contributed by atoms with Crippen LogP contribution in [-0.2, 0) is 0 Å². The van der Waals surface area contributed by atoms with Crippen molar-refractivity contribution in [1.82, 2.24) is 9.88 Å². The number of carbonyl (C=O) groups excluding carboxylic acids is 1. The Bertz CT molecular complexity index is 724. The zero-order chi connectivity index (χ0) is 16.2. The molecule has 0 atom stereocenters. The first-order chi connectivity index (χ1) is 11.1. The summed E-state index contributed by atoms with van der Waals surface area (Å²) in [4.78, 5) is 28.3. The average Bonchev–Trinajstić information content (AvgIpc) is 3.10. The molecule has 23 heavy (non-hydrogen) atoms. The SMILES string of the molecule is O=C(c1ccc(Oc2ncccc2[N+](=O)[O-])cc1)N1CCCC1. The Morgan fingerprint density at radius 1 is 1.17 bits per heavy atom. The van der Waals surface area contributed by atoms with Gasteiger partial charge in [0.2, 0.25) is 0 Å². The third-order valence-corrected chi connectivity index (χ3v) is 3.66. The molecule has 1 aliphatic rings. The largest absolute Gasteiger partial charge is 0.434 e. The van der Waals surface area contributed by atoms with Crippen LogP contribution in [0.3, 0.4) is 0 Å². The summed E-state index contributed by atoms with van der Waals surface area (Å²) in [6, 6.07) is 9.34. The Morgan fingerprint density at radius 3 is 2.52 bits per heavy atom. The van der Waals surface area contributed by atoms with Gasteiger partial charge in [0.1, 0.15) is 5.75 Å². The standard InChI is InChI=1S/C16H15N3O4/c20-16(18-10-1-2-11-18)12-5-7-13(8-6-12)23-15-14(19(21)22)4-3-9-17-15/h3-9H,1-2,10-11H2. The fraction of sp³-hybridized carbons (Fsp3) is 0.250. The Labute approximate surface area is 132 Å². The monoisotopic (exact) mass is 313 g/mol. The molecule has 3 rings (SSSR count). The van der Waals surface area contributed by atoms with Crippen molar-refractivity contribution in [3.05, 3.63) is 58.3 Å². The van der Waals surface area contributed by atoms with Gasteiger partial charge in [-0.05, 0) is 43.2 Å². The van der Waals surface area contributed by atoms with E-state index in [1.165, 1.54) is 18.3 Å². The molecule has 0 radical (unpaired) electrons. The second kappa shape index (κ2) is 6.43. The molecule has 1 fully saturated rings. The van der Waals surface area contributed by atoms with E-state index in [2.05, 4.69) is 4.98 Å². The van der Waals surface area contributed by atoms with Crippen molar-refractivity contribution in [2.45, 2.75) is 12.8 Å². The first-order valence-electron chi connectivity index (χ1n) is 7.32. The maximum atomic E-state index is 12.2. The lowest BCUT2D eigenvalue weighted by Crippen LogP contribution is -2.27. The van der Waals surface area contributed by atoms with E-state index in [-0.39, 0.29) is 17.5 Å². The fourth-order valence-electron chi connectivity index (χ4n) is 2.48. The molecular formula is C16H15N3O4. The summed E-state index contributed by atoms with van der Waals surface area (Å²) in [5, 5.41) is 10.9.